The maximum Gasteiger partial charge on any atom is 0.127 e. The van der Waals surface area contributed by atoms with Crippen LogP contribution in [0.25, 0.3) is 0 Å². The molecule has 1 aromatic rings. The van der Waals surface area contributed by atoms with E-state index in [0.29, 0.717) is 18.2 Å². The van der Waals surface area contributed by atoms with Crippen molar-refractivity contribution in [2.45, 2.75) is 38.3 Å². The van der Waals surface area contributed by atoms with Crippen molar-refractivity contribution in [3.63, 3.8) is 0 Å². The summed E-state index contributed by atoms with van der Waals surface area (Å²) in [5.41, 5.74) is 0.469. The lowest BCUT2D eigenvalue weighted by Gasteiger charge is -2.37. The summed E-state index contributed by atoms with van der Waals surface area (Å²) >= 11 is 3.42. The number of halogens is 3. The van der Waals surface area contributed by atoms with Crippen LogP contribution in [-0.4, -0.2) is 22.8 Å². The lowest BCUT2D eigenvalue weighted by atomic mass is 9.91. The lowest BCUT2D eigenvalue weighted by molar-refractivity contribution is 0.118. The van der Waals surface area contributed by atoms with Gasteiger partial charge in [0.25, 0.3) is 0 Å². The maximum absolute atomic E-state index is 13.6. The van der Waals surface area contributed by atoms with Gasteiger partial charge in [-0.1, -0.05) is 22.4 Å². The highest BCUT2D eigenvalue weighted by atomic mass is 79.9. The van der Waals surface area contributed by atoms with Gasteiger partial charge in [-0.15, -0.1) is 0 Å². The van der Waals surface area contributed by atoms with Crippen molar-refractivity contribution in [1.29, 1.82) is 0 Å². The molecule has 0 saturated heterocycles. The highest BCUT2D eigenvalue weighted by Gasteiger charge is 2.25. The monoisotopic (exact) mass is 317 g/mol. The van der Waals surface area contributed by atoms with E-state index >= 15 is 0 Å². The molecule has 0 aromatic heterocycles. The largest absolute Gasteiger partial charge is 0.296 e. The molecule has 0 amide bonds. The second-order valence-electron chi connectivity index (χ2n) is 4.83. The molecule has 18 heavy (non-hydrogen) atoms. The minimum absolute atomic E-state index is 0.306. The fourth-order valence-electron chi connectivity index (χ4n) is 2.29. The molecule has 1 nitrogen and oxygen atoms in total. The normalized spacial score (nSPS) is 16.0. The molecule has 1 saturated carbocycles. The number of hydrogen-bond acceptors (Lipinski definition) is 1. The van der Waals surface area contributed by atoms with Crippen molar-refractivity contribution in [1.82, 2.24) is 4.90 Å². The fraction of sp³-hybridized carbons (Fsp3) is 0.571. The van der Waals surface area contributed by atoms with E-state index < -0.39 is 0 Å². The Balaban J connectivity index is 2.04. The minimum atomic E-state index is -0.361. The van der Waals surface area contributed by atoms with Gasteiger partial charge >= 0.3 is 0 Å². The van der Waals surface area contributed by atoms with Crippen LogP contribution in [0.2, 0.25) is 0 Å². The number of hydrogen-bond donors (Lipinski definition) is 0. The van der Waals surface area contributed by atoms with Crippen LogP contribution in [0.15, 0.2) is 18.2 Å². The molecule has 100 valence electrons. The maximum atomic E-state index is 13.6. The molecule has 4 heteroatoms. The van der Waals surface area contributed by atoms with Gasteiger partial charge in [0.2, 0.25) is 0 Å². The second-order valence-corrected chi connectivity index (χ2v) is 5.63. The van der Waals surface area contributed by atoms with Gasteiger partial charge in [-0.25, -0.2) is 8.78 Å². The van der Waals surface area contributed by atoms with Gasteiger partial charge in [0.05, 0.1) is 0 Å². The van der Waals surface area contributed by atoms with E-state index in [1.807, 2.05) is 0 Å². The molecular weight excluding hydrogens is 300 g/mol. The Morgan fingerprint density at radius 3 is 2.67 bits per heavy atom. The zero-order chi connectivity index (χ0) is 13.0. The number of rotatable bonds is 6. The van der Waals surface area contributed by atoms with E-state index in [0.717, 1.165) is 18.3 Å². The van der Waals surface area contributed by atoms with Crippen molar-refractivity contribution >= 4 is 15.9 Å². The Hall–Kier alpha value is -0.480. The minimum Gasteiger partial charge on any atom is -0.296 e. The Morgan fingerprint density at radius 2 is 2.06 bits per heavy atom. The smallest absolute Gasteiger partial charge is 0.127 e. The highest BCUT2D eigenvalue weighted by Crippen LogP contribution is 2.27. The van der Waals surface area contributed by atoms with Gasteiger partial charge in [0.1, 0.15) is 11.6 Å². The average Bonchev–Trinajstić information content (AvgIpc) is 2.28. The fourth-order valence-corrected chi connectivity index (χ4v) is 2.54. The van der Waals surface area contributed by atoms with Crippen LogP contribution in [-0.2, 0) is 6.54 Å². The molecule has 0 aliphatic heterocycles. The average molecular weight is 318 g/mol. The molecule has 0 N–H and O–H groups in total. The summed E-state index contributed by atoms with van der Waals surface area (Å²) in [6.07, 6.45) is 4.65. The molecule has 1 aliphatic rings. The zero-order valence-corrected chi connectivity index (χ0v) is 11.9. The molecule has 1 fully saturated rings. The quantitative estimate of drug-likeness (QED) is 0.714. The molecule has 0 unspecified atom stereocenters. The summed E-state index contributed by atoms with van der Waals surface area (Å²) in [4.78, 5) is 2.28. The molecule has 1 aromatic carbocycles. The van der Waals surface area contributed by atoms with Crippen molar-refractivity contribution in [3.05, 3.63) is 35.4 Å². The van der Waals surface area contributed by atoms with Gasteiger partial charge in [-0.2, -0.15) is 0 Å². The molecule has 0 bridgehead atoms. The van der Waals surface area contributed by atoms with E-state index in [1.165, 1.54) is 37.5 Å². The van der Waals surface area contributed by atoms with Gasteiger partial charge in [0, 0.05) is 23.5 Å². The van der Waals surface area contributed by atoms with Crippen molar-refractivity contribution in [2.75, 3.05) is 11.9 Å². The first kappa shape index (κ1) is 13.9. The number of alkyl halides is 1. The molecule has 0 heterocycles. The van der Waals surface area contributed by atoms with Crippen molar-refractivity contribution in [3.8, 4) is 0 Å². The predicted molar refractivity (Wildman–Crippen MR) is 72.8 cm³/mol. The molecule has 1 aliphatic carbocycles. The van der Waals surface area contributed by atoms with Crippen LogP contribution in [0.5, 0.6) is 0 Å². The standard InChI is InChI=1S/C14H18BrF2N/c15-7-2-8-18(13-3-1-4-13)10-11-9-12(16)5-6-14(11)17/h5-6,9,13H,1-4,7-8,10H2. The molecule has 0 radical (unpaired) electrons. The van der Waals surface area contributed by atoms with Crippen molar-refractivity contribution < 1.29 is 8.78 Å². The Bertz CT molecular complexity index is 393. The van der Waals surface area contributed by atoms with Crippen LogP contribution in [0.1, 0.15) is 31.2 Å². The van der Waals surface area contributed by atoms with Crippen LogP contribution in [0.4, 0.5) is 8.78 Å². The third kappa shape index (κ3) is 3.51. The summed E-state index contributed by atoms with van der Waals surface area (Å²) < 4.78 is 26.8. The molecule has 0 spiro atoms. The van der Waals surface area contributed by atoms with Gasteiger partial charge in [-0.3, -0.25) is 4.90 Å². The summed E-state index contributed by atoms with van der Waals surface area (Å²) in [7, 11) is 0. The first-order valence-electron chi connectivity index (χ1n) is 6.44. The van der Waals surface area contributed by atoms with E-state index in [9.17, 15) is 8.78 Å². The number of benzene rings is 1. The Morgan fingerprint density at radius 1 is 1.28 bits per heavy atom. The van der Waals surface area contributed by atoms with Gasteiger partial charge in [0.15, 0.2) is 0 Å². The predicted octanol–water partition coefficient (Wildman–Crippen LogP) is 4.10. The molecule has 2 rings (SSSR count). The zero-order valence-electron chi connectivity index (χ0n) is 10.3. The van der Waals surface area contributed by atoms with Crippen LogP contribution < -0.4 is 0 Å². The van der Waals surface area contributed by atoms with E-state index in [-0.39, 0.29) is 11.6 Å². The highest BCUT2D eigenvalue weighted by molar-refractivity contribution is 9.09. The van der Waals surface area contributed by atoms with Crippen LogP contribution in [0.3, 0.4) is 0 Å². The Kier molecular flexibility index (Phi) is 5.13. The second kappa shape index (κ2) is 6.62. The van der Waals surface area contributed by atoms with E-state index in [1.54, 1.807) is 0 Å². The topological polar surface area (TPSA) is 3.24 Å². The van der Waals surface area contributed by atoms with Gasteiger partial charge < -0.3 is 0 Å². The summed E-state index contributed by atoms with van der Waals surface area (Å²) in [5, 5.41) is 0.946. The van der Waals surface area contributed by atoms with Crippen LogP contribution >= 0.6 is 15.9 Å². The molecule has 0 atom stereocenters. The van der Waals surface area contributed by atoms with Crippen LogP contribution in [0, 0.1) is 11.6 Å². The molecular formula is C14H18BrF2N. The van der Waals surface area contributed by atoms with Crippen molar-refractivity contribution in [2.24, 2.45) is 0 Å². The first-order chi connectivity index (χ1) is 8.70. The number of nitrogens with zero attached hydrogens (tertiary/aromatic N) is 1. The summed E-state index contributed by atoms with van der Waals surface area (Å²) in [6.45, 7) is 1.45. The lowest BCUT2D eigenvalue weighted by Crippen LogP contribution is -2.40. The summed E-state index contributed by atoms with van der Waals surface area (Å²) in [6, 6.07) is 4.25. The van der Waals surface area contributed by atoms with E-state index in [4.69, 9.17) is 0 Å². The third-order valence-electron chi connectivity index (χ3n) is 3.55. The first-order valence-corrected chi connectivity index (χ1v) is 7.57. The van der Waals surface area contributed by atoms with Gasteiger partial charge in [-0.05, 0) is 44.0 Å². The SMILES string of the molecule is Fc1ccc(F)c(CN(CCCBr)C2CCC2)c1. The third-order valence-corrected chi connectivity index (χ3v) is 4.11. The van der Waals surface area contributed by atoms with E-state index in [2.05, 4.69) is 20.8 Å². The Labute approximate surface area is 115 Å². The summed E-state index contributed by atoms with van der Waals surface area (Å²) in [5.74, 6) is -0.667.